The van der Waals surface area contributed by atoms with Crippen molar-refractivity contribution in [1.82, 2.24) is 4.90 Å². The van der Waals surface area contributed by atoms with Gasteiger partial charge in [-0.2, -0.15) is 0 Å². The second-order valence-corrected chi connectivity index (χ2v) is 4.09. The molecule has 2 N–H and O–H groups in total. The zero-order chi connectivity index (χ0) is 12.7. The first kappa shape index (κ1) is 13.5. The van der Waals surface area contributed by atoms with E-state index in [1.165, 1.54) is 5.56 Å². The summed E-state index contributed by atoms with van der Waals surface area (Å²) in [4.78, 5) is 13.6. The Labute approximate surface area is 103 Å². The van der Waals surface area contributed by atoms with Crippen LogP contribution in [0.5, 0.6) is 0 Å². The van der Waals surface area contributed by atoms with Crippen molar-refractivity contribution in [3.05, 3.63) is 48.0 Å². The van der Waals surface area contributed by atoms with Gasteiger partial charge in [0.05, 0.1) is 0 Å². The average molecular weight is 232 g/mol. The molecule has 3 nitrogen and oxygen atoms in total. The lowest BCUT2D eigenvalue weighted by Gasteiger charge is -2.21. The molecule has 0 aliphatic heterocycles. The predicted molar refractivity (Wildman–Crippen MR) is 70.5 cm³/mol. The maximum Gasteiger partial charge on any atom is 0.224 e. The van der Waals surface area contributed by atoms with Gasteiger partial charge in [0.1, 0.15) is 0 Å². The minimum Gasteiger partial charge on any atom is -0.335 e. The normalized spacial score (nSPS) is 10.0. The van der Waals surface area contributed by atoms with Crippen LogP contribution in [0.25, 0.3) is 0 Å². The van der Waals surface area contributed by atoms with E-state index >= 15 is 0 Å². The lowest BCUT2D eigenvalue weighted by molar-refractivity contribution is -0.131. The van der Waals surface area contributed by atoms with Crippen LogP contribution in [0.2, 0.25) is 0 Å². The molecule has 3 heteroatoms. The number of nitrogens with zero attached hydrogens (tertiary/aromatic N) is 1. The Balaban J connectivity index is 2.72. The van der Waals surface area contributed by atoms with Crippen LogP contribution in [0.3, 0.4) is 0 Å². The Kier molecular flexibility index (Phi) is 5.43. The first-order chi connectivity index (χ1) is 8.17. The van der Waals surface area contributed by atoms with E-state index in [1.54, 1.807) is 11.0 Å². The quantitative estimate of drug-likeness (QED) is 0.761. The van der Waals surface area contributed by atoms with Crippen molar-refractivity contribution in [3.8, 4) is 0 Å². The topological polar surface area (TPSA) is 46.3 Å². The fraction of sp³-hybridized carbons (Fsp3) is 0.357. The molecule has 0 saturated carbocycles. The summed E-state index contributed by atoms with van der Waals surface area (Å²) >= 11 is 0. The van der Waals surface area contributed by atoms with Crippen LogP contribution in [0.1, 0.15) is 17.5 Å². The van der Waals surface area contributed by atoms with Crippen LogP contribution in [0.4, 0.5) is 0 Å². The second-order valence-electron chi connectivity index (χ2n) is 4.09. The van der Waals surface area contributed by atoms with Crippen molar-refractivity contribution in [2.45, 2.75) is 19.9 Å². The number of rotatable bonds is 6. The van der Waals surface area contributed by atoms with Crippen LogP contribution in [-0.2, 0) is 11.3 Å². The van der Waals surface area contributed by atoms with Crippen LogP contribution in [-0.4, -0.2) is 23.9 Å². The highest BCUT2D eigenvalue weighted by Gasteiger charge is 2.11. The third-order valence-electron chi connectivity index (χ3n) is 2.52. The van der Waals surface area contributed by atoms with E-state index < -0.39 is 0 Å². The molecule has 0 saturated heterocycles. The summed E-state index contributed by atoms with van der Waals surface area (Å²) in [6.07, 6.45) is 2.13. The first-order valence-electron chi connectivity index (χ1n) is 5.81. The van der Waals surface area contributed by atoms with E-state index in [-0.39, 0.29) is 5.91 Å². The fourth-order valence-corrected chi connectivity index (χ4v) is 1.72. The third kappa shape index (κ3) is 4.41. The first-order valence-corrected chi connectivity index (χ1v) is 5.81. The molecule has 0 atom stereocenters. The van der Waals surface area contributed by atoms with Crippen LogP contribution in [0, 0.1) is 6.92 Å². The Bertz CT molecular complexity index is 388. The van der Waals surface area contributed by atoms with Crippen molar-refractivity contribution in [2.24, 2.45) is 5.73 Å². The average Bonchev–Trinajstić information content (AvgIpc) is 2.29. The van der Waals surface area contributed by atoms with Crippen LogP contribution >= 0.6 is 0 Å². The summed E-state index contributed by atoms with van der Waals surface area (Å²) in [7, 11) is 0. The van der Waals surface area contributed by atoms with Gasteiger partial charge < -0.3 is 10.6 Å². The Morgan fingerprint density at radius 1 is 1.53 bits per heavy atom. The summed E-state index contributed by atoms with van der Waals surface area (Å²) in [5.41, 5.74) is 7.75. The number of carbonyl (C=O) groups is 1. The minimum absolute atomic E-state index is 0.0777. The molecule has 1 aromatic carbocycles. The van der Waals surface area contributed by atoms with Gasteiger partial charge in [-0.15, -0.1) is 6.58 Å². The Morgan fingerprint density at radius 2 is 2.29 bits per heavy atom. The number of carbonyl (C=O) groups excluding carboxylic acids is 1. The summed E-state index contributed by atoms with van der Waals surface area (Å²) in [6, 6.07) is 8.16. The highest BCUT2D eigenvalue weighted by molar-refractivity contribution is 5.76. The van der Waals surface area contributed by atoms with Gasteiger partial charge in [0.15, 0.2) is 0 Å². The largest absolute Gasteiger partial charge is 0.335 e. The van der Waals surface area contributed by atoms with E-state index in [2.05, 4.69) is 12.6 Å². The molecule has 92 valence electrons. The van der Waals surface area contributed by atoms with Crippen molar-refractivity contribution in [2.75, 3.05) is 13.1 Å². The minimum atomic E-state index is 0.0777. The lowest BCUT2D eigenvalue weighted by atomic mass is 10.1. The molecule has 0 fully saturated rings. The molecule has 1 aromatic rings. The molecule has 1 rings (SSSR count). The van der Waals surface area contributed by atoms with E-state index in [9.17, 15) is 4.79 Å². The number of hydrogen-bond donors (Lipinski definition) is 1. The molecule has 0 aromatic heterocycles. The Hall–Kier alpha value is -1.61. The maximum atomic E-state index is 11.8. The van der Waals surface area contributed by atoms with Crippen molar-refractivity contribution in [3.63, 3.8) is 0 Å². The highest BCUT2D eigenvalue weighted by Crippen LogP contribution is 2.08. The molecule has 0 radical (unpaired) electrons. The van der Waals surface area contributed by atoms with Crippen molar-refractivity contribution >= 4 is 5.91 Å². The zero-order valence-electron chi connectivity index (χ0n) is 10.4. The molecule has 0 aliphatic rings. The highest BCUT2D eigenvalue weighted by atomic mass is 16.2. The summed E-state index contributed by atoms with van der Waals surface area (Å²) in [6.45, 7) is 7.29. The maximum absolute atomic E-state index is 11.8. The molecule has 0 heterocycles. The standard InChI is InChI=1S/C14H20N2O/c1-3-9-16(14(17)7-8-15)11-13-6-4-5-12(2)10-13/h3-6,10H,1,7-9,11,15H2,2H3. The predicted octanol–water partition coefficient (Wildman–Crippen LogP) is 1.86. The molecular formula is C14H20N2O. The molecule has 0 spiro atoms. The van der Waals surface area contributed by atoms with Crippen molar-refractivity contribution < 1.29 is 4.79 Å². The zero-order valence-corrected chi connectivity index (χ0v) is 10.4. The van der Waals surface area contributed by atoms with Gasteiger partial charge in [-0.25, -0.2) is 0 Å². The van der Waals surface area contributed by atoms with Gasteiger partial charge in [-0.05, 0) is 12.5 Å². The SMILES string of the molecule is C=CCN(Cc1cccc(C)c1)C(=O)CCN. The third-order valence-corrected chi connectivity index (χ3v) is 2.52. The van der Waals surface area contributed by atoms with Gasteiger partial charge in [0.25, 0.3) is 0 Å². The lowest BCUT2D eigenvalue weighted by Crippen LogP contribution is -2.32. The molecular weight excluding hydrogens is 212 g/mol. The van der Waals surface area contributed by atoms with E-state index in [4.69, 9.17) is 5.73 Å². The number of hydrogen-bond acceptors (Lipinski definition) is 2. The van der Waals surface area contributed by atoms with Gasteiger partial charge in [0, 0.05) is 26.1 Å². The molecule has 0 bridgehead atoms. The molecule has 0 unspecified atom stereocenters. The van der Waals surface area contributed by atoms with Gasteiger partial charge in [0.2, 0.25) is 5.91 Å². The van der Waals surface area contributed by atoms with Gasteiger partial charge >= 0.3 is 0 Å². The molecule has 1 amide bonds. The fourth-order valence-electron chi connectivity index (χ4n) is 1.72. The van der Waals surface area contributed by atoms with Gasteiger partial charge in [-0.3, -0.25) is 4.79 Å². The van der Waals surface area contributed by atoms with E-state index in [1.807, 2.05) is 25.1 Å². The summed E-state index contributed by atoms with van der Waals surface area (Å²) < 4.78 is 0. The number of nitrogens with two attached hydrogens (primary N) is 1. The second kappa shape index (κ2) is 6.86. The van der Waals surface area contributed by atoms with E-state index in [0.29, 0.717) is 26.1 Å². The van der Waals surface area contributed by atoms with Crippen molar-refractivity contribution in [1.29, 1.82) is 0 Å². The van der Waals surface area contributed by atoms with E-state index in [0.717, 1.165) is 5.56 Å². The van der Waals surface area contributed by atoms with Crippen LogP contribution < -0.4 is 5.73 Å². The number of aryl methyl sites for hydroxylation is 1. The summed E-state index contributed by atoms with van der Waals surface area (Å²) in [5.74, 6) is 0.0777. The monoisotopic (exact) mass is 232 g/mol. The summed E-state index contributed by atoms with van der Waals surface area (Å²) in [5, 5.41) is 0. The van der Waals surface area contributed by atoms with Crippen LogP contribution in [0.15, 0.2) is 36.9 Å². The molecule has 0 aliphatic carbocycles. The Morgan fingerprint density at radius 3 is 2.88 bits per heavy atom. The number of amides is 1. The number of benzene rings is 1. The van der Waals surface area contributed by atoms with Gasteiger partial charge in [-0.1, -0.05) is 35.9 Å². The smallest absolute Gasteiger partial charge is 0.224 e. The molecule has 17 heavy (non-hydrogen) atoms.